The number of aromatic nitrogens is 1. The lowest BCUT2D eigenvalue weighted by Gasteiger charge is -2.18. The fraction of sp³-hybridized carbons (Fsp3) is 0.471. The first-order chi connectivity index (χ1) is 9.97. The SMILES string of the molecule is Cc1[nH]c2ccc(C(=O)N3CCC(C(C)O)C3)cc2c1C. The third kappa shape index (κ3) is 2.44. The van der Waals surface area contributed by atoms with Crippen molar-refractivity contribution in [3.63, 3.8) is 0 Å². The summed E-state index contributed by atoms with van der Waals surface area (Å²) in [5.41, 5.74) is 4.15. The highest BCUT2D eigenvalue weighted by Crippen LogP contribution is 2.25. The van der Waals surface area contributed by atoms with Crippen molar-refractivity contribution in [1.29, 1.82) is 0 Å². The summed E-state index contributed by atoms with van der Waals surface area (Å²) in [4.78, 5) is 17.8. The van der Waals surface area contributed by atoms with E-state index in [0.717, 1.165) is 35.1 Å². The summed E-state index contributed by atoms with van der Waals surface area (Å²) in [7, 11) is 0. The first-order valence-electron chi connectivity index (χ1n) is 7.53. The van der Waals surface area contributed by atoms with E-state index in [1.54, 1.807) is 6.92 Å². The van der Waals surface area contributed by atoms with Gasteiger partial charge in [0.1, 0.15) is 0 Å². The van der Waals surface area contributed by atoms with Crippen LogP contribution in [-0.2, 0) is 0 Å². The summed E-state index contributed by atoms with van der Waals surface area (Å²) >= 11 is 0. The molecule has 1 aliphatic rings. The number of aliphatic hydroxyl groups is 1. The van der Waals surface area contributed by atoms with Crippen molar-refractivity contribution in [3.05, 3.63) is 35.0 Å². The molecule has 2 heterocycles. The number of benzene rings is 1. The zero-order valence-electron chi connectivity index (χ0n) is 12.8. The van der Waals surface area contributed by atoms with E-state index in [0.29, 0.717) is 6.54 Å². The number of amides is 1. The van der Waals surface area contributed by atoms with Gasteiger partial charge in [-0.15, -0.1) is 0 Å². The molecule has 0 spiro atoms. The number of aliphatic hydroxyl groups excluding tert-OH is 1. The minimum Gasteiger partial charge on any atom is -0.393 e. The number of nitrogens with zero attached hydrogens (tertiary/aromatic N) is 1. The molecule has 1 amide bonds. The van der Waals surface area contributed by atoms with Gasteiger partial charge in [0.15, 0.2) is 0 Å². The first kappa shape index (κ1) is 14.1. The monoisotopic (exact) mass is 286 g/mol. The number of nitrogens with one attached hydrogen (secondary N) is 1. The van der Waals surface area contributed by atoms with Crippen LogP contribution >= 0.6 is 0 Å². The number of aromatic amines is 1. The standard InChI is InChI=1S/C17H22N2O2/c1-10-11(2)18-16-5-4-13(8-15(10)16)17(21)19-7-6-14(9-19)12(3)20/h4-5,8,12,14,18,20H,6-7,9H2,1-3H3. The lowest BCUT2D eigenvalue weighted by Crippen LogP contribution is -2.30. The second kappa shape index (κ2) is 5.19. The highest BCUT2D eigenvalue weighted by atomic mass is 16.3. The molecule has 2 atom stereocenters. The molecule has 0 bridgehead atoms. The maximum Gasteiger partial charge on any atom is 0.253 e. The van der Waals surface area contributed by atoms with Crippen LogP contribution in [0.2, 0.25) is 0 Å². The third-order valence-corrected chi connectivity index (χ3v) is 4.75. The Morgan fingerprint density at radius 3 is 2.86 bits per heavy atom. The summed E-state index contributed by atoms with van der Waals surface area (Å²) in [5.74, 6) is 0.271. The minimum absolute atomic E-state index is 0.0679. The molecule has 1 aromatic carbocycles. The smallest absolute Gasteiger partial charge is 0.253 e. The Hall–Kier alpha value is -1.81. The molecule has 112 valence electrons. The van der Waals surface area contributed by atoms with E-state index in [1.165, 1.54) is 5.56 Å². The van der Waals surface area contributed by atoms with Gasteiger partial charge in [0.05, 0.1) is 6.10 Å². The Balaban J connectivity index is 1.87. The molecule has 4 heteroatoms. The van der Waals surface area contributed by atoms with E-state index in [-0.39, 0.29) is 17.9 Å². The van der Waals surface area contributed by atoms with Gasteiger partial charge in [0.2, 0.25) is 0 Å². The molecule has 1 saturated heterocycles. The Bertz CT molecular complexity index is 687. The van der Waals surface area contributed by atoms with Crippen LogP contribution < -0.4 is 0 Å². The summed E-state index contributed by atoms with van der Waals surface area (Å²) in [6, 6.07) is 5.84. The zero-order chi connectivity index (χ0) is 15.1. The molecule has 3 rings (SSSR count). The van der Waals surface area contributed by atoms with E-state index in [4.69, 9.17) is 0 Å². The maximum absolute atomic E-state index is 12.6. The number of fused-ring (bicyclic) bond motifs is 1. The average molecular weight is 286 g/mol. The van der Waals surface area contributed by atoms with Crippen LogP contribution in [0.25, 0.3) is 10.9 Å². The summed E-state index contributed by atoms with van der Waals surface area (Å²) in [5, 5.41) is 10.8. The lowest BCUT2D eigenvalue weighted by atomic mass is 10.0. The molecule has 4 nitrogen and oxygen atoms in total. The van der Waals surface area contributed by atoms with Crippen molar-refractivity contribution in [1.82, 2.24) is 9.88 Å². The Labute approximate surface area is 124 Å². The van der Waals surface area contributed by atoms with Gasteiger partial charge in [-0.1, -0.05) is 0 Å². The van der Waals surface area contributed by atoms with Crippen LogP contribution in [0.1, 0.15) is 35.0 Å². The molecule has 0 radical (unpaired) electrons. The Morgan fingerprint density at radius 2 is 2.19 bits per heavy atom. The number of aryl methyl sites for hydroxylation is 2. The number of rotatable bonds is 2. The Morgan fingerprint density at radius 1 is 1.43 bits per heavy atom. The van der Waals surface area contributed by atoms with Gasteiger partial charge in [0.25, 0.3) is 5.91 Å². The van der Waals surface area contributed by atoms with Gasteiger partial charge >= 0.3 is 0 Å². The molecule has 2 N–H and O–H groups in total. The predicted octanol–water partition coefficient (Wildman–Crippen LogP) is 2.63. The van der Waals surface area contributed by atoms with Crippen molar-refractivity contribution in [2.75, 3.05) is 13.1 Å². The predicted molar refractivity (Wildman–Crippen MR) is 83.5 cm³/mol. The Kier molecular flexibility index (Phi) is 3.49. The fourth-order valence-electron chi connectivity index (χ4n) is 3.14. The third-order valence-electron chi connectivity index (χ3n) is 4.75. The number of carbonyl (C=O) groups excluding carboxylic acids is 1. The van der Waals surface area contributed by atoms with Crippen LogP contribution in [0.15, 0.2) is 18.2 Å². The van der Waals surface area contributed by atoms with Crippen molar-refractivity contribution in [3.8, 4) is 0 Å². The molecule has 2 unspecified atom stereocenters. The van der Waals surface area contributed by atoms with E-state index in [2.05, 4.69) is 11.9 Å². The van der Waals surface area contributed by atoms with E-state index in [9.17, 15) is 9.90 Å². The normalized spacial score (nSPS) is 20.2. The van der Waals surface area contributed by atoms with Crippen LogP contribution in [0.3, 0.4) is 0 Å². The number of hydrogen-bond donors (Lipinski definition) is 2. The number of carbonyl (C=O) groups is 1. The minimum atomic E-state index is -0.347. The second-order valence-electron chi connectivity index (χ2n) is 6.18. The second-order valence-corrected chi connectivity index (χ2v) is 6.18. The van der Waals surface area contributed by atoms with Gasteiger partial charge in [-0.05, 0) is 51.0 Å². The van der Waals surface area contributed by atoms with Gasteiger partial charge < -0.3 is 15.0 Å². The maximum atomic E-state index is 12.6. The molecule has 1 aromatic heterocycles. The lowest BCUT2D eigenvalue weighted by molar-refractivity contribution is 0.0762. The molecule has 2 aromatic rings. The molecule has 0 saturated carbocycles. The summed E-state index contributed by atoms with van der Waals surface area (Å²) < 4.78 is 0. The van der Waals surface area contributed by atoms with Crippen molar-refractivity contribution in [2.45, 2.75) is 33.3 Å². The van der Waals surface area contributed by atoms with E-state index < -0.39 is 0 Å². The molecular weight excluding hydrogens is 264 g/mol. The largest absolute Gasteiger partial charge is 0.393 e. The van der Waals surface area contributed by atoms with Crippen LogP contribution in [0.4, 0.5) is 0 Å². The van der Waals surface area contributed by atoms with Crippen molar-refractivity contribution < 1.29 is 9.90 Å². The number of likely N-dealkylation sites (tertiary alicyclic amines) is 1. The number of hydrogen-bond acceptors (Lipinski definition) is 2. The molecule has 1 fully saturated rings. The molecule has 21 heavy (non-hydrogen) atoms. The summed E-state index contributed by atoms with van der Waals surface area (Å²) in [6.45, 7) is 7.31. The quantitative estimate of drug-likeness (QED) is 0.891. The van der Waals surface area contributed by atoms with Crippen LogP contribution in [-0.4, -0.2) is 40.1 Å². The fourth-order valence-corrected chi connectivity index (χ4v) is 3.14. The average Bonchev–Trinajstić information content (AvgIpc) is 3.05. The van der Waals surface area contributed by atoms with Crippen LogP contribution in [0, 0.1) is 19.8 Å². The van der Waals surface area contributed by atoms with Gasteiger partial charge in [-0.3, -0.25) is 4.79 Å². The number of H-pyrrole nitrogens is 1. The van der Waals surface area contributed by atoms with Crippen molar-refractivity contribution >= 4 is 16.8 Å². The first-order valence-corrected chi connectivity index (χ1v) is 7.53. The zero-order valence-corrected chi connectivity index (χ0v) is 12.8. The van der Waals surface area contributed by atoms with Gasteiger partial charge in [-0.2, -0.15) is 0 Å². The molecular formula is C17H22N2O2. The molecule has 1 aliphatic heterocycles. The summed E-state index contributed by atoms with van der Waals surface area (Å²) in [6.07, 6.45) is 0.536. The van der Waals surface area contributed by atoms with Crippen LogP contribution in [0.5, 0.6) is 0 Å². The van der Waals surface area contributed by atoms with E-state index in [1.807, 2.05) is 30.0 Å². The molecule has 0 aliphatic carbocycles. The van der Waals surface area contributed by atoms with Gasteiger partial charge in [0, 0.05) is 41.2 Å². The van der Waals surface area contributed by atoms with Crippen molar-refractivity contribution in [2.24, 2.45) is 5.92 Å². The topological polar surface area (TPSA) is 56.3 Å². The highest BCUT2D eigenvalue weighted by Gasteiger charge is 2.29. The van der Waals surface area contributed by atoms with E-state index >= 15 is 0 Å². The highest BCUT2D eigenvalue weighted by molar-refractivity contribution is 5.99. The van der Waals surface area contributed by atoms with Gasteiger partial charge in [-0.25, -0.2) is 0 Å².